The van der Waals surface area contributed by atoms with E-state index in [1.165, 1.54) is 22.4 Å². The summed E-state index contributed by atoms with van der Waals surface area (Å²) in [6.07, 6.45) is -3.53. The lowest BCUT2D eigenvalue weighted by molar-refractivity contribution is -0.137. The number of rotatable bonds is 8. The van der Waals surface area contributed by atoms with Gasteiger partial charge in [0.1, 0.15) is 0 Å². The highest BCUT2D eigenvalue weighted by atomic mass is 19.4. The maximum Gasteiger partial charge on any atom is 0.416 e. The van der Waals surface area contributed by atoms with E-state index in [9.17, 15) is 13.2 Å². The van der Waals surface area contributed by atoms with Crippen molar-refractivity contribution in [3.05, 3.63) is 71.5 Å². The van der Waals surface area contributed by atoms with Gasteiger partial charge in [0.25, 0.3) is 0 Å². The highest BCUT2D eigenvalue weighted by Crippen LogP contribution is 2.29. The van der Waals surface area contributed by atoms with E-state index in [4.69, 9.17) is 5.73 Å². The molecule has 0 amide bonds. The van der Waals surface area contributed by atoms with Crippen LogP contribution in [-0.2, 0) is 19.1 Å². The van der Waals surface area contributed by atoms with Crippen molar-refractivity contribution in [2.75, 3.05) is 19.6 Å². The highest BCUT2D eigenvalue weighted by molar-refractivity contribution is 5.35. The summed E-state index contributed by atoms with van der Waals surface area (Å²) in [5, 5.41) is 11.6. The molecule has 1 heterocycles. The van der Waals surface area contributed by atoms with Gasteiger partial charge in [-0.15, -0.1) is 5.10 Å². The molecular weight excluding hydrogens is 369 g/mol. The van der Waals surface area contributed by atoms with E-state index in [1.807, 2.05) is 18.2 Å². The Morgan fingerprint density at radius 3 is 2.32 bits per heavy atom. The lowest BCUT2D eigenvalue weighted by atomic mass is 10.1. The Kier molecular flexibility index (Phi) is 6.37. The Morgan fingerprint density at radius 1 is 0.964 bits per heavy atom. The highest BCUT2D eigenvalue weighted by Gasteiger charge is 2.30. The summed E-state index contributed by atoms with van der Waals surface area (Å²) in [4.78, 5) is 2.12. The molecule has 0 saturated carbocycles. The predicted octanol–water partition coefficient (Wildman–Crippen LogP) is 2.68. The van der Waals surface area contributed by atoms with Gasteiger partial charge in [-0.3, -0.25) is 4.90 Å². The van der Waals surface area contributed by atoms with Crippen LogP contribution in [0.2, 0.25) is 0 Å². The van der Waals surface area contributed by atoms with Crippen LogP contribution in [0, 0.1) is 0 Å². The Bertz CT molecular complexity index is 861. The fourth-order valence-corrected chi connectivity index (χ4v) is 2.88. The quantitative estimate of drug-likeness (QED) is 0.640. The maximum absolute atomic E-state index is 12.8. The zero-order valence-electron chi connectivity index (χ0n) is 15.2. The maximum atomic E-state index is 12.8. The van der Waals surface area contributed by atoms with Crippen molar-refractivity contribution in [1.82, 2.24) is 25.1 Å². The monoisotopic (exact) mass is 390 g/mol. The standard InChI is InChI=1S/C19H21F3N6/c20-19(21,22)16-6-8-17(9-7-16)28-18(24-25-26-28)14-27(13-11-23)12-10-15-4-2-1-3-5-15/h1-9H,10-14,23H2. The normalized spacial score (nSPS) is 11.9. The molecule has 0 aliphatic rings. The largest absolute Gasteiger partial charge is 0.416 e. The molecule has 0 aliphatic heterocycles. The fraction of sp³-hybridized carbons (Fsp3) is 0.316. The predicted molar refractivity (Wildman–Crippen MR) is 98.6 cm³/mol. The summed E-state index contributed by atoms with van der Waals surface area (Å²) >= 11 is 0. The number of aromatic nitrogens is 4. The smallest absolute Gasteiger partial charge is 0.329 e. The van der Waals surface area contributed by atoms with E-state index in [0.29, 0.717) is 31.1 Å². The Labute approximate surface area is 160 Å². The van der Waals surface area contributed by atoms with Crippen molar-refractivity contribution in [3.8, 4) is 5.69 Å². The molecule has 2 N–H and O–H groups in total. The second-order valence-corrected chi connectivity index (χ2v) is 6.35. The molecule has 0 fully saturated rings. The number of nitrogens with two attached hydrogens (primary N) is 1. The molecule has 0 atom stereocenters. The second kappa shape index (κ2) is 8.94. The minimum Gasteiger partial charge on any atom is -0.329 e. The second-order valence-electron chi connectivity index (χ2n) is 6.35. The van der Waals surface area contributed by atoms with E-state index in [1.54, 1.807) is 0 Å². The first-order chi connectivity index (χ1) is 13.5. The third-order valence-electron chi connectivity index (χ3n) is 4.34. The van der Waals surface area contributed by atoms with Gasteiger partial charge in [0.15, 0.2) is 5.82 Å². The molecule has 1 aromatic heterocycles. The lowest BCUT2D eigenvalue weighted by Crippen LogP contribution is -2.32. The molecule has 3 rings (SSSR count). The van der Waals surface area contributed by atoms with Gasteiger partial charge in [-0.2, -0.15) is 17.9 Å². The fourth-order valence-electron chi connectivity index (χ4n) is 2.88. The van der Waals surface area contributed by atoms with Crippen LogP contribution in [0.25, 0.3) is 5.69 Å². The molecule has 6 nitrogen and oxygen atoms in total. The van der Waals surface area contributed by atoms with Gasteiger partial charge < -0.3 is 5.73 Å². The van der Waals surface area contributed by atoms with Crippen molar-refractivity contribution < 1.29 is 13.2 Å². The molecule has 0 bridgehead atoms. The first-order valence-electron chi connectivity index (χ1n) is 8.88. The number of benzene rings is 2. The minimum atomic E-state index is -4.38. The van der Waals surface area contributed by atoms with Crippen molar-refractivity contribution in [1.29, 1.82) is 0 Å². The molecule has 0 saturated heterocycles. The van der Waals surface area contributed by atoms with Gasteiger partial charge in [0.2, 0.25) is 0 Å². The van der Waals surface area contributed by atoms with Crippen LogP contribution in [0.5, 0.6) is 0 Å². The third-order valence-corrected chi connectivity index (χ3v) is 4.34. The van der Waals surface area contributed by atoms with Crippen molar-refractivity contribution in [2.24, 2.45) is 5.73 Å². The number of halogens is 3. The molecule has 9 heteroatoms. The summed E-state index contributed by atoms with van der Waals surface area (Å²) in [5.41, 5.74) is 6.71. The molecule has 3 aromatic rings. The molecule has 0 radical (unpaired) electrons. The van der Waals surface area contributed by atoms with E-state index in [0.717, 1.165) is 25.1 Å². The SMILES string of the molecule is NCCN(CCc1ccccc1)Cc1nnnn1-c1ccc(C(F)(F)F)cc1. The van der Waals surface area contributed by atoms with Crippen LogP contribution in [0.3, 0.4) is 0 Å². The van der Waals surface area contributed by atoms with E-state index < -0.39 is 11.7 Å². The molecule has 0 aliphatic carbocycles. The molecular formula is C19H21F3N6. The van der Waals surface area contributed by atoms with Crippen LogP contribution in [0.4, 0.5) is 13.2 Å². The summed E-state index contributed by atoms with van der Waals surface area (Å²) in [7, 11) is 0. The van der Waals surface area contributed by atoms with Crippen LogP contribution in [0.15, 0.2) is 54.6 Å². The third kappa shape index (κ3) is 5.14. The van der Waals surface area contributed by atoms with Crippen molar-refractivity contribution >= 4 is 0 Å². The van der Waals surface area contributed by atoms with Crippen LogP contribution >= 0.6 is 0 Å². The zero-order valence-corrected chi connectivity index (χ0v) is 15.2. The Hall–Kier alpha value is -2.78. The van der Waals surface area contributed by atoms with E-state index in [2.05, 4.69) is 32.6 Å². The van der Waals surface area contributed by atoms with Gasteiger partial charge in [0, 0.05) is 19.6 Å². The molecule has 148 valence electrons. The van der Waals surface area contributed by atoms with Gasteiger partial charge in [-0.1, -0.05) is 30.3 Å². The van der Waals surface area contributed by atoms with Gasteiger partial charge in [-0.25, -0.2) is 0 Å². The Morgan fingerprint density at radius 2 is 1.68 bits per heavy atom. The molecule has 2 aromatic carbocycles. The van der Waals surface area contributed by atoms with E-state index >= 15 is 0 Å². The average molecular weight is 390 g/mol. The van der Waals surface area contributed by atoms with Gasteiger partial charge >= 0.3 is 6.18 Å². The Balaban J connectivity index is 1.72. The summed E-state index contributed by atoms with van der Waals surface area (Å²) in [6.45, 7) is 2.35. The number of hydrogen-bond donors (Lipinski definition) is 1. The molecule has 28 heavy (non-hydrogen) atoms. The topological polar surface area (TPSA) is 72.9 Å². The lowest BCUT2D eigenvalue weighted by Gasteiger charge is -2.21. The minimum absolute atomic E-state index is 0.443. The van der Waals surface area contributed by atoms with Crippen LogP contribution in [0.1, 0.15) is 17.0 Å². The summed E-state index contributed by atoms with van der Waals surface area (Å²) in [5.74, 6) is 0.543. The van der Waals surface area contributed by atoms with Gasteiger partial charge in [-0.05, 0) is 46.7 Å². The number of hydrogen-bond acceptors (Lipinski definition) is 5. The number of alkyl halides is 3. The first-order valence-corrected chi connectivity index (χ1v) is 8.88. The number of tetrazole rings is 1. The van der Waals surface area contributed by atoms with Crippen molar-refractivity contribution in [3.63, 3.8) is 0 Å². The van der Waals surface area contributed by atoms with Gasteiger partial charge in [0.05, 0.1) is 17.8 Å². The van der Waals surface area contributed by atoms with Crippen molar-refractivity contribution in [2.45, 2.75) is 19.1 Å². The molecule has 0 unspecified atom stereocenters. The summed E-state index contributed by atoms with van der Waals surface area (Å²) in [6, 6.07) is 14.8. The van der Waals surface area contributed by atoms with Crippen LogP contribution in [-0.4, -0.2) is 44.7 Å². The molecule has 0 spiro atoms. The zero-order chi connectivity index (χ0) is 20.0. The first kappa shape index (κ1) is 20.0. The van der Waals surface area contributed by atoms with Crippen LogP contribution < -0.4 is 5.73 Å². The average Bonchev–Trinajstić information content (AvgIpc) is 3.15. The van der Waals surface area contributed by atoms with E-state index in [-0.39, 0.29) is 0 Å². The summed E-state index contributed by atoms with van der Waals surface area (Å²) < 4.78 is 39.7. The number of nitrogens with zero attached hydrogens (tertiary/aromatic N) is 5.